The lowest BCUT2D eigenvalue weighted by molar-refractivity contribution is -0.122. The van der Waals surface area contributed by atoms with E-state index in [4.69, 9.17) is 5.11 Å². The molecule has 0 unspecified atom stereocenters. The molecule has 1 heterocycles. The Morgan fingerprint density at radius 2 is 2.40 bits per heavy atom. The smallest absolute Gasteiger partial charge is 0.222 e. The molecule has 15 heavy (non-hydrogen) atoms. The van der Waals surface area contributed by atoms with Crippen LogP contribution in [0, 0.1) is 0 Å². The average Bonchev–Trinajstić information content (AvgIpc) is 2.80. The molecule has 1 aromatic heterocycles. The number of aliphatic hydroxyl groups excluding tert-OH is 1. The van der Waals surface area contributed by atoms with Crippen LogP contribution in [0.25, 0.3) is 0 Å². The highest BCUT2D eigenvalue weighted by atomic mass is 16.3. The lowest BCUT2D eigenvalue weighted by Gasteiger charge is -2.13. The molecule has 1 aliphatic rings. The molecule has 1 fully saturated rings. The topological polar surface area (TPSA) is 67.2 Å². The molecule has 82 valence electrons. The van der Waals surface area contributed by atoms with Crippen molar-refractivity contribution in [3.63, 3.8) is 0 Å². The van der Waals surface area contributed by atoms with Crippen molar-refractivity contribution in [2.24, 2.45) is 0 Å². The van der Waals surface area contributed by atoms with Crippen LogP contribution in [0.4, 0.5) is 0 Å². The minimum atomic E-state index is -0.304. The van der Waals surface area contributed by atoms with Crippen LogP contribution in [0.15, 0.2) is 18.5 Å². The third-order valence-corrected chi connectivity index (χ3v) is 2.69. The standard InChI is InChI=1S/C10H15N3O2/c14-8-10(3-4-10)12-9(15)2-7-13-6-1-5-11-13/h1,5-6,14H,2-4,7-8H2,(H,12,15). The quantitative estimate of drug-likeness (QED) is 0.712. The van der Waals surface area contributed by atoms with Crippen LogP contribution in [-0.4, -0.2) is 32.9 Å². The molecule has 1 amide bonds. The fourth-order valence-electron chi connectivity index (χ4n) is 1.48. The summed E-state index contributed by atoms with van der Waals surface area (Å²) in [6.07, 6.45) is 5.69. The Morgan fingerprint density at radius 3 is 2.93 bits per heavy atom. The number of carbonyl (C=O) groups is 1. The van der Waals surface area contributed by atoms with Crippen molar-refractivity contribution in [2.45, 2.75) is 31.3 Å². The van der Waals surface area contributed by atoms with Gasteiger partial charge in [-0.3, -0.25) is 9.48 Å². The first-order valence-corrected chi connectivity index (χ1v) is 5.13. The monoisotopic (exact) mass is 209 g/mol. The zero-order valence-electron chi connectivity index (χ0n) is 8.52. The van der Waals surface area contributed by atoms with Crippen LogP contribution >= 0.6 is 0 Å². The van der Waals surface area contributed by atoms with E-state index in [0.29, 0.717) is 13.0 Å². The third kappa shape index (κ3) is 2.56. The third-order valence-electron chi connectivity index (χ3n) is 2.69. The van der Waals surface area contributed by atoms with Gasteiger partial charge in [-0.1, -0.05) is 0 Å². The zero-order valence-corrected chi connectivity index (χ0v) is 8.52. The maximum atomic E-state index is 11.5. The van der Waals surface area contributed by atoms with Gasteiger partial charge in [-0.05, 0) is 18.9 Å². The minimum absolute atomic E-state index is 0.0166. The van der Waals surface area contributed by atoms with Gasteiger partial charge in [0.1, 0.15) is 0 Å². The summed E-state index contributed by atoms with van der Waals surface area (Å²) < 4.78 is 1.72. The largest absolute Gasteiger partial charge is 0.394 e. The van der Waals surface area contributed by atoms with Gasteiger partial charge in [-0.15, -0.1) is 0 Å². The molecular weight excluding hydrogens is 194 g/mol. The van der Waals surface area contributed by atoms with Gasteiger partial charge in [0.05, 0.1) is 12.1 Å². The Morgan fingerprint density at radius 1 is 1.60 bits per heavy atom. The highest BCUT2D eigenvalue weighted by Gasteiger charge is 2.43. The molecule has 0 aliphatic heterocycles. The van der Waals surface area contributed by atoms with Crippen molar-refractivity contribution < 1.29 is 9.90 Å². The molecule has 5 nitrogen and oxygen atoms in total. The molecule has 0 aromatic carbocycles. The number of aliphatic hydroxyl groups is 1. The summed E-state index contributed by atoms with van der Waals surface area (Å²) in [4.78, 5) is 11.5. The molecule has 2 N–H and O–H groups in total. The molecule has 1 saturated carbocycles. The van der Waals surface area contributed by atoms with Crippen molar-refractivity contribution in [1.29, 1.82) is 0 Å². The Hall–Kier alpha value is -1.36. The number of rotatable bonds is 5. The summed E-state index contributed by atoms with van der Waals surface area (Å²) in [6.45, 7) is 0.626. The number of amides is 1. The number of carbonyl (C=O) groups excluding carboxylic acids is 1. The van der Waals surface area contributed by atoms with E-state index in [1.807, 2.05) is 12.3 Å². The van der Waals surface area contributed by atoms with Crippen molar-refractivity contribution in [3.8, 4) is 0 Å². The van der Waals surface area contributed by atoms with E-state index < -0.39 is 0 Å². The van der Waals surface area contributed by atoms with Crippen LogP contribution in [0.5, 0.6) is 0 Å². The van der Waals surface area contributed by atoms with Crippen molar-refractivity contribution in [2.75, 3.05) is 6.61 Å². The Kier molecular flexibility index (Phi) is 2.73. The summed E-state index contributed by atoms with van der Waals surface area (Å²) in [7, 11) is 0. The molecule has 0 atom stereocenters. The van der Waals surface area contributed by atoms with Crippen LogP contribution in [0.3, 0.4) is 0 Å². The average molecular weight is 209 g/mol. The first-order chi connectivity index (χ1) is 7.24. The molecule has 0 radical (unpaired) electrons. The van der Waals surface area contributed by atoms with Crippen LogP contribution in [0.2, 0.25) is 0 Å². The summed E-state index contributed by atoms with van der Waals surface area (Å²) in [5, 5.41) is 15.9. The highest BCUT2D eigenvalue weighted by molar-refractivity contribution is 5.77. The van der Waals surface area contributed by atoms with Gasteiger partial charge in [-0.25, -0.2) is 0 Å². The normalized spacial score (nSPS) is 17.4. The van der Waals surface area contributed by atoms with Gasteiger partial charge >= 0.3 is 0 Å². The Balaban J connectivity index is 1.73. The molecule has 0 spiro atoms. The lowest BCUT2D eigenvalue weighted by Crippen LogP contribution is -2.39. The predicted octanol–water partition coefficient (Wildman–Crippen LogP) is -0.0857. The number of hydrogen-bond donors (Lipinski definition) is 2. The summed E-state index contributed by atoms with van der Waals surface area (Å²) in [5.74, 6) is -0.0166. The molecule has 2 rings (SSSR count). The highest BCUT2D eigenvalue weighted by Crippen LogP contribution is 2.34. The second-order valence-corrected chi connectivity index (χ2v) is 4.01. The van der Waals surface area contributed by atoms with Crippen molar-refractivity contribution in [1.82, 2.24) is 15.1 Å². The fourth-order valence-corrected chi connectivity index (χ4v) is 1.48. The summed E-state index contributed by atoms with van der Waals surface area (Å²) >= 11 is 0. The Bertz CT molecular complexity index is 330. The van der Waals surface area contributed by atoms with Crippen LogP contribution < -0.4 is 5.32 Å². The maximum Gasteiger partial charge on any atom is 0.222 e. The fraction of sp³-hybridized carbons (Fsp3) is 0.600. The van der Waals surface area contributed by atoms with Gasteiger partial charge in [0.15, 0.2) is 0 Å². The number of aromatic nitrogens is 2. The number of aryl methyl sites for hydroxylation is 1. The van der Waals surface area contributed by atoms with E-state index in [-0.39, 0.29) is 18.1 Å². The second-order valence-electron chi connectivity index (χ2n) is 4.01. The first kappa shape index (κ1) is 10.2. The van der Waals surface area contributed by atoms with Crippen molar-refractivity contribution >= 4 is 5.91 Å². The van der Waals surface area contributed by atoms with E-state index in [1.54, 1.807) is 10.9 Å². The number of hydrogen-bond acceptors (Lipinski definition) is 3. The molecule has 5 heteroatoms. The van der Waals surface area contributed by atoms with E-state index in [9.17, 15) is 4.79 Å². The molecule has 0 bridgehead atoms. The first-order valence-electron chi connectivity index (χ1n) is 5.13. The molecule has 0 saturated heterocycles. The van der Waals surface area contributed by atoms with Crippen LogP contribution in [-0.2, 0) is 11.3 Å². The summed E-state index contributed by atoms with van der Waals surface area (Å²) in [6, 6.07) is 1.83. The van der Waals surface area contributed by atoms with Crippen molar-refractivity contribution in [3.05, 3.63) is 18.5 Å². The SMILES string of the molecule is O=C(CCn1cccn1)NC1(CO)CC1. The van der Waals surface area contributed by atoms with Gasteiger partial charge in [0, 0.05) is 25.4 Å². The molecule has 1 aromatic rings. The second kappa shape index (κ2) is 4.02. The van der Waals surface area contributed by atoms with Gasteiger partial charge in [0.25, 0.3) is 0 Å². The lowest BCUT2D eigenvalue weighted by atomic mass is 10.2. The number of nitrogens with zero attached hydrogens (tertiary/aromatic N) is 2. The van der Waals surface area contributed by atoms with E-state index in [0.717, 1.165) is 12.8 Å². The van der Waals surface area contributed by atoms with Gasteiger partial charge in [-0.2, -0.15) is 5.10 Å². The van der Waals surface area contributed by atoms with Crippen LogP contribution in [0.1, 0.15) is 19.3 Å². The van der Waals surface area contributed by atoms with E-state index in [2.05, 4.69) is 10.4 Å². The molecular formula is C10H15N3O2. The summed E-state index contributed by atoms with van der Waals surface area (Å²) in [5.41, 5.74) is -0.304. The minimum Gasteiger partial charge on any atom is -0.394 e. The number of nitrogens with one attached hydrogen (secondary N) is 1. The van der Waals surface area contributed by atoms with E-state index in [1.165, 1.54) is 0 Å². The zero-order chi connectivity index (χ0) is 10.7. The predicted molar refractivity (Wildman–Crippen MR) is 54.0 cm³/mol. The van der Waals surface area contributed by atoms with Gasteiger partial charge < -0.3 is 10.4 Å². The molecule has 1 aliphatic carbocycles. The Labute approximate surface area is 88.1 Å². The van der Waals surface area contributed by atoms with Gasteiger partial charge in [0.2, 0.25) is 5.91 Å². The maximum absolute atomic E-state index is 11.5. The van der Waals surface area contributed by atoms with E-state index >= 15 is 0 Å².